The van der Waals surface area contributed by atoms with E-state index in [4.69, 9.17) is 11.6 Å². The number of halogens is 1. The van der Waals surface area contributed by atoms with Gasteiger partial charge in [-0.25, -0.2) is 4.79 Å². The highest BCUT2D eigenvalue weighted by atomic mass is 35.5. The van der Waals surface area contributed by atoms with Crippen LogP contribution < -0.4 is 0 Å². The molecule has 0 radical (unpaired) electrons. The molecule has 0 amide bonds. The number of carbonyl (C=O) groups is 1. The van der Waals surface area contributed by atoms with Crippen molar-refractivity contribution in [3.05, 3.63) is 28.3 Å². The first-order valence-electron chi connectivity index (χ1n) is 4.81. The summed E-state index contributed by atoms with van der Waals surface area (Å²) in [6.45, 7) is 3.51. The van der Waals surface area contributed by atoms with E-state index in [1.54, 1.807) is 19.9 Å². The lowest BCUT2D eigenvalue weighted by Gasteiger charge is -2.13. The number of phenolic OH excluding ortho intramolecular Hbond substituents is 1. The predicted octanol–water partition coefficient (Wildman–Crippen LogP) is 1.95. The van der Waals surface area contributed by atoms with Crippen molar-refractivity contribution in [2.24, 2.45) is 0 Å². The van der Waals surface area contributed by atoms with Crippen LogP contribution in [-0.4, -0.2) is 22.8 Å². The lowest BCUT2D eigenvalue weighted by atomic mass is 10.1. The smallest absolute Gasteiger partial charge is 0.339 e. The number of benzene rings is 1. The van der Waals surface area contributed by atoms with Crippen molar-refractivity contribution in [1.29, 1.82) is 0 Å². The summed E-state index contributed by atoms with van der Waals surface area (Å²) >= 11 is 5.80. The Morgan fingerprint density at radius 3 is 2.75 bits per heavy atom. The molecule has 1 unspecified atom stereocenters. The van der Waals surface area contributed by atoms with E-state index in [-0.39, 0.29) is 22.9 Å². The molecule has 2 N–H and O–H groups in total. The fourth-order valence-electron chi connectivity index (χ4n) is 1.25. The van der Waals surface area contributed by atoms with Gasteiger partial charge in [0.1, 0.15) is 5.75 Å². The fraction of sp³-hybridized carbons (Fsp3) is 0.364. The molecule has 16 heavy (non-hydrogen) atoms. The third kappa shape index (κ3) is 2.46. The highest BCUT2D eigenvalue weighted by Crippen LogP contribution is 2.34. The SMILES string of the molecule is CCOC(=O)C(O)c1ccc(C)c(Cl)c1O. The van der Waals surface area contributed by atoms with E-state index in [1.165, 1.54) is 6.07 Å². The van der Waals surface area contributed by atoms with Crippen LogP contribution in [0.2, 0.25) is 5.02 Å². The van der Waals surface area contributed by atoms with Crippen molar-refractivity contribution < 1.29 is 19.7 Å². The molecule has 0 heterocycles. The molecule has 1 rings (SSSR count). The zero-order valence-corrected chi connectivity index (χ0v) is 9.78. The number of carbonyl (C=O) groups excluding carboxylic acids is 1. The van der Waals surface area contributed by atoms with E-state index < -0.39 is 12.1 Å². The second kappa shape index (κ2) is 5.18. The standard InChI is InChI=1S/C11H13ClO4/c1-3-16-11(15)10(14)7-5-4-6(2)8(12)9(7)13/h4-5,10,13-14H,3H2,1-2H3. The Balaban J connectivity index is 3.05. The summed E-state index contributed by atoms with van der Waals surface area (Å²) < 4.78 is 4.64. The number of aliphatic hydroxyl groups is 1. The van der Waals surface area contributed by atoms with Crippen LogP contribution in [0, 0.1) is 6.92 Å². The van der Waals surface area contributed by atoms with Gasteiger partial charge in [-0.15, -0.1) is 0 Å². The van der Waals surface area contributed by atoms with Gasteiger partial charge in [0.15, 0.2) is 6.10 Å². The number of esters is 1. The molecule has 0 aromatic heterocycles. The molecule has 0 fully saturated rings. The van der Waals surface area contributed by atoms with Crippen LogP contribution in [0.4, 0.5) is 0 Å². The molecular weight excluding hydrogens is 232 g/mol. The average molecular weight is 245 g/mol. The van der Waals surface area contributed by atoms with E-state index in [9.17, 15) is 15.0 Å². The Morgan fingerprint density at radius 2 is 2.19 bits per heavy atom. The van der Waals surface area contributed by atoms with Crippen LogP contribution >= 0.6 is 11.6 Å². The van der Waals surface area contributed by atoms with Crippen LogP contribution in [0.15, 0.2) is 12.1 Å². The molecule has 5 heteroatoms. The predicted molar refractivity (Wildman–Crippen MR) is 59.4 cm³/mol. The maximum absolute atomic E-state index is 11.3. The average Bonchev–Trinajstić information content (AvgIpc) is 2.26. The molecule has 0 spiro atoms. The van der Waals surface area contributed by atoms with Crippen molar-refractivity contribution >= 4 is 17.6 Å². The Morgan fingerprint density at radius 1 is 1.56 bits per heavy atom. The van der Waals surface area contributed by atoms with E-state index in [0.29, 0.717) is 5.56 Å². The second-order valence-electron chi connectivity index (χ2n) is 3.29. The number of ether oxygens (including phenoxy) is 1. The quantitative estimate of drug-likeness (QED) is 0.798. The van der Waals surface area contributed by atoms with Crippen molar-refractivity contribution in [3.63, 3.8) is 0 Å². The van der Waals surface area contributed by atoms with Crippen molar-refractivity contribution in [1.82, 2.24) is 0 Å². The molecule has 0 aliphatic rings. The molecule has 0 aliphatic heterocycles. The van der Waals surface area contributed by atoms with Gasteiger partial charge >= 0.3 is 5.97 Å². The van der Waals surface area contributed by atoms with E-state index in [1.807, 2.05) is 0 Å². The van der Waals surface area contributed by atoms with Gasteiger partial charge in [-0.05, 0) is 19.4 Å². The van der Waals surface area contributed by atoms with Gasteiger partial charge in [-0.3, -0.25) is 0 Å². The van der Waals surface area contributed by atoms with Crippen molar-refractivity contribution in [2.45, 2.75) is 20.0 Å². The first-order chi connectivity index (χ1) is 7.49. The first-order valence-corrected chi connectivity index (χ1v) is 5.19. The van der Waals surface area contributed by atoms with Gasteiger partial charge in [0.2, 0.25) is 0 Å². The maximum Gasteiger partial charge on any atom is 0.339 e. The first kappa shape index (κ1) is 12.8. The summed E-state index contributed by atoms with van der Waals surface area (Å²) in [5.74, 6) is -1.10. The van der Waals surface area contributed by atoms with Crippen molar-refractivity contribution in [3.8, 4) is 5.75 Å². The number of aliphatic hydroxyl groups excluding tert-OH is 1. The molecular formula is C11H13ClO4. The van der Waals surface area contributed by atoms with Gasteiger partial charge < -0.3 is 14.9 Å². The maximum atomic E-state index is 11.3. The third-order valence-electron chi connectivity index (χ3n) is 2.14. The van der Waals surface area contributed by atoms with Crippen LogP contribution in [0.3, 0.4) is 0 Å². The van der Waals surface area contributed by atoms with Crippen LogP contribution in [0.25, 0.3) is 0 Å². The van der Waals surface area contributed by atoms with Gasteiger partial charge in [-0.1, -0.05) is 23.7 Å². The second-order valence-corrected chi connectivity index (χ2v) is 3.67. The largest absolute Gasteiger partial charge is 0.506 e. The van der Waals surface area contributed by atoms with Crippen molar-refractivity contribution in [2.75, 3.05) is 6.61 Å². The number of aromatic hydroxyl groups is 1. The number of hydrogen-bond acceptors (Lipinski definition) is 4. The Bertz CT molecular complexity index is 403. The zero-order chi connectivity index (χ0) is 12.3. The topological polar surface area (TPSA) is 66.8 Å². The van der Waals surface area contributed by atoms with E-state index in [0.717, 1.165) is 0 Å². The molecule has 88 valence electrons. The molecule has 1 atom stereocenters. The molecule has 0 bridgehead atoms. The number of hydrogen-bond donors (Lipinski definition) is 2. The van der Waals surface area contributed by atoms with Gasteiger partial charge in [-0.2, -0.15) is 0 Å². The molecule has 1 aromatic carbocycles. The van der Waals surface area contributed by atoms with Gasteiger partial charge in [0, 0.05) is 5.56 Å². The van der Waals surface area contributed by atoms with Gasteiger partial charge in [0.25, 0.3) is 0 Å². The number of rotatable bonds is 3. The summed E-state index contributed by atoms with van der Waals surface area (Å²) in [7, 11) is 0. The summed E-state index contributed by atoms with van der Waals surface area (Å²) in [6, 6.07) is 3.05. The highest BCUT2D eigenvalue weighted by Gasteiger charge is 2.23. The fourth-order valence-corrected chi connectivity index (χ4v) is 1.42. The van der Waals surface area contributed by atoms with Crippen LogP contribution in [0.1, 0.15) is 24.2 Å². The minimum absolute atomic E-state index is 0.0500. The van der Waals surface area contributed by atoms with Gasteiger partial charge in [0.05, 0.1) is 11.6 Å². The molecule has 1 aromatic rings. The molecule has 0 aliphatic carbocycles. The Labute approximate surface area is 98.4 Å². The number of aryl methyl sites for hydroxylation is 1. The lowest BCUT2D eigenvalue weighted by Crippen LogP contribution is -2.15. The minimum Gasteiger partial charge on any atom is -0.506 e. The lowest BCUT2D eigenvalue weighted by molar-refractivity contribution is -0.153. The highest BCUT2D eigenvalue weighted by molar-refractivity contribution is 6.32. The van der Waals surface area contributed by atoms with E-state index >= 15 is 0 Å². The zero-order valence-electron chi connectivity index (χ0n) is 9.03. The third-order valence-corrected chi connectivity index (χ3v) is 2.62. The Hall–Kier alpha value is -1.26. The Kier molecular flexibility index (Phi) is 4.15. The summed E-state index contributed by atoms with van der Waals surface area (Å²) in [4.78, 5) is 11.3. The van der Waals surface area contributed by atoms with Crippen LogP contribution in [-0.2, 0) is 9.53 Å². The van der Waals surface area contributed by atoms with Crippen LogP contribution in [0.5, 0.6) is 5.75 Å². The molecule has 4 nitrogen and oxygen atoms in total. The molecule has 0 saturated carbocycles. The normalized spacial score (nSPS) is 12.2. The summed E-state index contributed by atoms with van der Waals surface area (Å²) in [6.07, 6.45) is -1.52. The van der Waals surface area contributed by atoms with E-state index in [2.05, 4.69) is 4.74 Å². The summed E-state index contributed by atoms with van der Waals surface area (Å²) in [5, 5.41) is 19.4. The molecule has 0 saturated heterocycles. The number of phenols is 1. The monoisotopic (exact) mass is 244 g/mol. The minimum atomic E-state index is -1.52. The summed E-state index contributed by atoms with van der Waals surface area (Å²) in [5.41, 5.74) is 0.716.